The van der Waals surface area contributed by atoms with E-state index < -0.39 is 0 Å². The van der Waals surface area contributed by atoms with E-state index in [2.05, 4.69) is 4.90 Å². The lowest BCUT2D eigenvalue weighted by Gasteiger charge is -2.31. The van der Waals surface area contributed by atoms with Crippen LogP contribution in [-0.2, 0) is 4.74 Å². The summed E-state index contributed by atoms with van der Waals surface area (Å²) >= 11 is 6.07. The van der Waals surface area contributed by atoms with Crippen molar-refractivity contribution in [1.82, 2.24) is 4.90 Å². The number of carbonyl (C=O) groups excluding carboxylic acids is 1. The minimum atomic E-state index is 0.0803. The molecule has 5 heteroatoms. The highest BCUT2D eigenvalue weighted by Gasteiger charge is 2.22. The van der Waals surface area contributed by atoms with Gasteiger partial charge in [-0.2, -0.15) is 0 Å². The van der Waals surface area contributed by atoms with Gasteiger partial charge in [0, 0.05) is 18.7 Å². The Morgan fingerprint density at radius 2 is 2.29 bits per heavy atom. The zero-order chi connectivity index (χ0) is 15.2. The number of benzene rings is 1. The molecule has 0 radical (unpaired) electrons. The first-order valence-corrected chi connectivity index (χ1v) is 7.72. The van der Waals surface area contributed by atoms with Crippen LogP contribution >= 0.6 is 11.6 Å². The molecule has 0 N–H and O–H groups in total. The van der Waals surface area contributed by atoms with Gasteiger partial charge in [-0.15, -0.1) is 0 Å². The summed E-state index contributed by atoms with van der Waals surface area (Å²) in [7, 11) is 1.56. The number of carbonyl (C=O) groups is 1. The molecule has 1 saturated heterocycles. The first kappa shape index (κ1) is 16.3. The van der Waals surface area contributed by atoms with Gasteiger partial charge in [-0.05, 0) is 44.5 Å². The summed E-state index contributed by atoms with van der Waals surface area (Å²) < 4.78 is 10.8. The van der Waals surface area contributed by atoms with Crippen LogP contribution in [0.2, 0.25) is 5.02 Å². The van der Waals surface area contributed by atoms with Crippen LogP contribution in [0.25, 0.3) is 0 Å². The molecule has 0 saturated carbocycles. The predicted octanol–water partition coefficient (Wildman–Crippen LogP) is 3.03. The van der Waals surface area contributed by atoms with Crippen LogP contribution in [0.3, 0.4) is 0 Å². The first-order chi connectivity index (χ1) is 10.1. The van der Waals surface area contributed by atoms with Gasteiger partial charge in [-0.1, -0.05) is 11.6 Å². The van der Waals surface area contributed by atoms with Crippen LogP contribution in [0.1, 0.15) is 30.1 Å². The lowest BCUT2D eigenvalue weighted by molar-refractivity contribution is 0.00718. The molecule has 1 aliphatic heterocycles. The van der Waals surface area contributed by atoms with Crippen molar-refractivity contribution in [2.24, 2.45) is 0 Å². The van der Waals surface area contributed by atoms with Crippen LogP contribution in [-0.4, -0.2) is 50.1 Å². The number of ether oxygens (including phenoxy) is 2. The minimum Gasteiger partial charge on any atom is -0.495 e. The van der Waals surface area contributed by atoms with Crippen molar-refractivity contribution in [3.05, 3.63) is 28.8 Å². The predicted molar refractivity (Wildman–Crippen MR) is 83.4 cm³/mol. The Hall–Kier alpha value is -1.10. The molecular weight excluding hydrogens is 290 g/mol. The molecule has 1 heterocycles. The maximum Gasteiger partial charge on any atom is 0.176 e. The minimum absolute atomic E-state index is 0.0803. The lowest BCUT2D eigenvalue weighted by atomic mass is 10.1. The molecule has 21 heavy (non-hydrogen) atoms. The summed E-state index contributed by atoms with van der Waals surface area (Å²) in [5.74, 6) is 0.666. The zero-order valence-corrected chi connectivity index (χ0v) is 13.4. The number of rotatable bonds is 6. The molecule has 116 valence electrons. The monoisotopic (exact) mass is 311 g/mol. The quantitative estimate of drug-likeness (QED) is 0.757. The smallest absolute Gasteiger partial charge is 0.176 e. The number of piperidine rings is 1. The van der Waals surface area contributed by atoms with E-state index in [9.17, 15) is 4.79 Å². The fraction of sp³-hybridized carbons (Fsp3) is 0.562. The van der Waals surface area contributed by atoms with Crippen LogP contribution in [0.15, 0.2) is 18.2 Å². The van der Waals surface area contributed by atoms with Gasteiger partial charge in [0.1, 0.15) is 5.75 Å². The second-order valence-corrected chi connectivity index (χ2v) is 5.63. The van der Waals surface area contributed by atoms with Gasteiger partial charge in [-0.25, -0.2) is 0 Å². The third kappa shape index (κ3) is 4.43. The van der Waals surface area contributed by atoms with Crippen LogP contribution in [0, 0.1) is 0 Å². The molecule has 1 aliphatic rings. The largest absolute Gasteiger partial charge is 0.495 e. The Bertz CT molecular complexity index is 490. The van der Waals surface area contributed by atoms with Gasteiger partial charge in [0.25, 0.3) is 0 Å². The van der Waals surface area contributed by atoms with Crippen molar-refractivity contribution in [3.63, 3.8) is 0 Å². The Morgan fingerprint density at radius 1 is 1.48 bits per heavy atom. The number of Topliss-reactive ketones (excluding diaryl/α,β-unsaturated/α-hetero) is 1. The van der Waals surface area contributed by atoms with Gasteiger partial charge in [0.2, 0.25) is 0 Å². The zero-order valence-electron chi connectivity index (χ0n) is 12.6. The molecule has 0 aliphatic carbocycles. The average molecular weight is 312 g/mol. The first-order valence-electron chi connectivity index (χ1n) is 7.34. The Morgan fingerprint density at radius 3 is 2.95 bits per heavy atom. The van der Waals surface area contributed by atoms with E-state index in [-0.39, 0.29) is 11.9 Å². The second kappa shape index (κ2) is 7.78. The normalized spacial score (nSPS) is 19.5. The number of hydrogen-bond acceptors (Lipinski definition) is 4. The molecule has 4 nitrogen and oxygen atoms in total. The van der Waals surface area contributed by atoms with E-state index in [0.717, 1.165) is 32.5 Å². The van der Waals surface area contributed by atoms with Crippen LogP contribution in [0.5, 0.6) is 5.75 Å². The fourth-order valence-electron chi connectivity index (χ4n) is 2.66. The molecule has 1 atom stereocenters. The van der Waals surface area contributed by atoms with E-state index in [1.54, 1.807) is 25.3 Å². The van der Waals surface area contributed by atoms with Gasteiger partial charge in [-0.3, -0.25) is 9.69 Å². The molecular formula is C16H22ClNO3. The van der Waals surface area contributed by atoms with E-state index >= 15 is 0 Å². The third-order valence-electron chi connectivity index (χ3n) is 3.71. The maximum absolute atomic E-state index is 12.3. The number of halogens is 1. The Kier molecular flexibility index (Phi) is 6.03. The molecule has 1 aromatic rings. The SMILES string of the molecule is CCOC1CCCN(CC(=O)c2ccc(OC)c(Cl)c2)C1. The Labute approximate surface area is 131 Å². The van der Waals surface area contributed by atoms with Gasteiger partial charge in [0.15, 0.2) is 5.78 Å². The highest BCUT2D eigenvalue weighted by Crippen LogP contribution is 2.25. The number of hydrogen-bond donors (Lipinski definition) is 0. The fourth-order valence-corrected chi connectivity index (χ4v) is 2.92. The van der Waals surface area contributed by atoms with E-state index in [0.29, 0.717) is 22.9 Å². The van der Waals surface area contributed by atoms with E-state index in [4.69, 9.17) is 21.1 Å². The summed E-state index contributed by atoms with van der Waals surface area (Å²) in [6.07, 6.45) is 2.39. The van der Waals surface area contributed by atoms with Crippen LogP contribution < -0.4 is 4.74 Å². The van der Waals surface area contributed by atoms with E-state index in [1.807, 2.05) is 6.92 Å². The van der Waals surface area contributed by atoms with Crippen molar-refractivity contribution >= 4 is 17.4 Å². The second-order valence-electron chi connectivity index (χ2n) is 5.23. The van der Waals surface area contributed by atoms with E-state index in [1.165, 1.54) is 0 Å². The lowest BCUT2D eigenvalue weighted by Crippen LogP contribution is -2.42. The standard InChI is InChI=1S/C16H22ClNO3/c1-3-21-13-5-4-8-18(10-13)11-15(19)12-6-7-16(20-2)14(17)9-12/h6-7,9,13H,3-5,8,10-11H2,1-2H3. The van der Waals surface area contributed by atoms with Crippen molar-refractivity contribution < 1.29 is 14.3 Å². The third-order valence-corrected chi connectivity index (χ3v) is 4.00. The number of nitrogens with zero attached hydrogens (tertiary/aromatic N) is 1. The molecule has 2 rings (SSSR count). The molecule has 0 bridgehead atoms. The van der Waals surface area contributed by atoms with Crippen molar-refractivity contribution in [3.8, 4) is 5.75 Å². The average Bonchev–Trinajstić information content (AvgIpc) is 2.48. The molecule has 0 amide bonds. The highest BCUT2D eigenvalue weighted by atomic mass is 35.5. The van der Waals surface area contributed by atoms with Crippen molar-refractivity contribution in [2.75, 3.05) is 33.4 Å². The van der Waals surface area contributed by atoms with Gasteiger partial charge < -0.3 is 9.47 Å². The summed E-state index contributed by atoms with van der Waals surface area (Å²) in [6, 6.07) is 5.17. The number of ketones is 1. The van der Waals surface area contributed by atoms with Crippen LogP contribution in [0.4, 0.5) is 0 Å². The molecule has 1 unspecified atom stereocenters. The topological polar surface area (TPSA) is 38.8 Å². The summed E-state index contributed by atoms with van der Waals surface area (Å²) in [4.78, 5) is 14.5. The van der Waals surface area contributed by atoms with Crippen molar-refractivity contribution in [1.29, 1.82) is 0 Å². The summed E-state index contributed by atoms with van der Waals surface area (Å²) in [6.45, 7) is 4.90. The molecule has 0 aromatic heterocycles. The molecule has 1 fully saturated rings. The summed E-state index contributed by atoms with van der Waals surface area (Å²) in [5.41, 5.74) is 0.624. The van der Waals surface area contributed by atoms with Crippen molar-refractivity contribution in [2.45, 2.75) is 25.9 Å². The maximum atomic E-state index is 12.3. The highest BCUT2D eigenvalue weighted by molar-refractivity contribution is 6.32. The van der Waals surface area contributed by atoms with Gasteiger partial charge in [0.05, 0.1) is 24.8 Å². The molecule has 1 aromatic carbocycles. The number of likely N-dealkylation sites (tertiary alicyclic amines) is 1. The number of methoxy groups -OCH3 is 1. The van der Waals surface area contributed by atoms with Gasteiger partial charge >= 0.3 is 0 Å². The molecule has 0 spiro atoms. The summed E-state index contributed by atoms with van der Waals surface area (Å²) in [5, 5.41) is 0.467. The Balaban J connectivity index is 1.96.